The molecule has 148 valence electrons. The molecule has 4 rings (SSSR count). The summed E-state index contributed by atoms with van der Waals surface area (Å²) in [4.78, 5) is 4.50. The van der Waals surface area contributed by atoms with Crippen molar-refractivity contribution in [3.63, 3.8) is 0 Å². The lowest BCUT2D eigenvalue weighted by Gasteiger charge is -2.38. The second kappa shape index (κ2) is 9.50. The Balaban J connectivity index is 0.000000168. The maximum atomic E-state index is 6.05. The van der Waals surface area contributed by atoms with Gasteiger partial charge in [-0.2, -0.15) is 5.10 Å². The molecular formula is C23H35N3O. The average Bonchev–Trinajstić information content (AvgIpc) is 3.28. The molecule has 2 aliphatic rings. The van der Waals surface area contributed by atoms with Crippen molar-refractivity contribution < 1.29 is 4.74 Å². The third-order valence-corrected chi connectivity index (χ3v) is 6.25. The van der Waals surface area contributed by atoms with E-state index in [2.05, 4.69) is 36.1 Å². The van der Waals surface area contributed by atoms with E-state index >= 15 is 0 Å². The van der Waals surface area contributed by atoms with Crippen LogP contribution in [0.25, 0.3) is 0 Å². The number of hydrogen-bond donors (Lipinski definition) is 0. The fraction of sp³-hybridized carbons (Fsp3) is 0.652. The van der Waals surface area contributed by atoms with Crippen LogP contribution in [0, 0.1) is 6.92 Å². The normalized spacial score (nSPS) is 21.1. The molecule has 27 heavy (non-hydrogen) atoms. The van der Waals surface area contributed by atoms with Gasteiger partial charge in [-0.15, -0.1) is 0 Å². The summed E-state index contributed by atoms with van der Waals surface area (Å²) in [6.45, 7) is 5.25. The van der Waals surface area contributed by atoms with Gasteiger partial charge in [-0.25, -0.2) is 0 Å². The Morgan fingerprint density at radius 3 is 2.70 bits per heavy atom. The first-order chi connectivity index (χ1) is 13.1. The number of nitrogens with zero attached hydrogens (tertiary/aromatic N) is 3. The van der Waals surface area contributed by atoms with Crippen LogP contribution in [-0.2, 0) is 18.2 Å². The molecule has 1 saturated carbocycles. The highest BCUT2D eigenvalue weighted by Gasteiger charge is 2.40. The first-order valence-corrected chi connectivity index (χ1v) is 10.7. The van der Waals surface area contributed by atoms with Crippen molar-refractivity contribution in [2.75, 3.05) is 6.61 Å². The molecule has 2 aromatic heterocycles. The number of unbranched alkanes of at least 4 members (excludes halogenated alkanes) is 1. The third-order valence-electron chi connectivity index (χ3n) is 6.25. The summed E-state index contributed by atoms with van der Waals surface area (Å²) >= 11 is 0. The number of aryl methyl sites for hydroxylation is 2. The number of rotatable bonds is 4. The van der Waals surface area contributed by atoms with Crippen LogP contribution >= 0.6 is 0 Å². The molecule has 0 bridgehead atoms. The van der Waals surface area contributed by atoms with Crippen LogP contribution in [0.2, 0.25) is 0 Å². The second-order valence-corrected chi connectivity index (χ2v) is 8.17. The van der Waals surface area contributed by atoms with Crippen molar-refractivity contribution >= 4 is 0 Å². The van der Waals surface area contributed by atoms with Gasteiger partial charge in [-0.1, -0.05) is 32.3 Å². The summed E-state index contributed by atoms with van der Waals surface area (Å²) in [5.74, 6) is 0.619. The molecule has 3 heterocycles. The summed E-state index contributed by atoms with van der Waals surface area (Å²) in [5.41, 5.74) is 4.17. The summed E-state index contributed by atoms with van der Waals surface area (Å²) in [6.07, 6.45) is 15.1. The molecule has 0 radical (unpaired) electrons. The predicted octanol–water partition coefficient (Wildman–Crippen LogP) is 5.36. The number of ether oxygens (including phenoxy) is 1. The van der Waals surface area contributed by atoms with Crippen LogP contribution < -0.4 is 0 Å². The molecule has 4 nitrogen and oxygen atoms in total. The summed E-state index contributed by atoms with van der Waals surface area (Å²) in [6, 6.07) is 6.26. The number of hydrogen-bond acceptors (Lipinski definition) is 3. The van der Waals surface area contributed by atoms with Crippen molar-refractivity contribution in [3.05, 3.63) is 47.5 Å². The molecule has 1 atom stereocenters. The second-order valence-electron chi connectivity index (χ2n) is 8.17. The third kappa shape index (κ3) is 5.19. The van der Waals surface area contributed by atoms with Crippen LogP contribution in [0.15, 0.2) is 30.6 Å². The molecule has 0 unspecified atom stereocenters. The van der Waals surface area contributed by atoms with Crippen LogP contribution in [0.4, 0.5) is 0 Å². The lowest BCUT2D eigenvalue weighted by atomic mass is 9.83. The van der Waals surface area contributed by atoms with E-state index in [1.165, 1.54) is 68.3 Å². The highest BCUT2D eigenvalue weighted by Crippen LogP contribution is 2.44. The molecule has 0 N–H and O–H groups in total. The van der Waals surface area contributed by atoms with Gasteiger partial charge in [-0.3, -0.25) is 9.67 Å². The van der Waals surface area contributed by atoms with E-state index in [-0.39, 0.29) is 5.60 Å². The van der Waals surface area contributed by atoms with Gasteiger partial charge in [0.25, 0.3) is 0 Å². The van der Waals surface area contributed by atoms with Crippen LogP contribution in [0.1, 0.15) is 81.2 Å². The zero-order valence-electron chi connectivity index (χ0n) is 17.3. The van der Waals surface area contributed by atoms with Gasteiger partial charge in [0.05, 0.1) is 11.8 Å². The maximum absolute atomic E-state index is 6.05. The molecule has 4 heteroatoms. The largest absolute Gasteiger partial charge is 0.375 e. The van der Waals surface area contributed by atoms with Gasteiger partial charge in [0.15, 0.2) is 0 Å². The van der Waals surface area contributed by atoms with E-state index in [1.54, 1.807) is 0 Å². The van der Waals surface area contributed by atoms with Crippen molar-refractivity contribution in [1.29, 1.82) is 0 Å². The molecule has 1 aliphatic heterocycles. The molecule has 1 spiro atoms. The van der Waals surface area contributed by atoms with Crippen molar-refractivity contribution in [2.24, 2.45) is 7.05 Å². The van der Waals surface area contributed by atoms with Crippen LogP contribution in [0.5, 0.6) is 0 Å². The number of pyridine rings is 1. The van der Waals surface area contributed by atoms with Crippen molar-refractivity contribution in [3.8, 4) is 0 Å². The molecule has 2 aromatic rings. The van der Waals surface area contributed by atoms with Gasteiger partial charge in [0.2, 0.25) is 0 Å². The predicted molar refractivity (Wildman–Crippen MR) is 110 cm³/mol. The van der Waals surface area contributed by atoms with Gasteiger partial charge in [0.1, 0.15) is 0 Å². The molecule has 1 aliphatic carbocycles. The fourth-order valence-electron chi connectivity index (χ4n) is 4.42. The van der Waals surface area contributed by atoms with E-state index in [4.69, 9.17) is 4.74 Å². The molecule has 0 aromatic carbocycles. The zero-order valence-corrected chi connectivity index (χ0v) is 17.3. The Morgan fingerprint density at radius 1 is 1.26 bits per heavy atom. The summed E-state index contributed by atoms with van der Waals surface area (Å²) in [7, 11) is 1.99. The molecule has 2 fully saturated rings. The Kier molecular flexibility index (Phi) is 7.06. The zero-order chi connectivity index (χ0) is 19.1. The van der Waals surface area contributed by atoms with E-state index in [1.807, 2.05) is 30.2 Å². The van der Waals surface area contributed by atoms with Crippen LogP contribution in [-0.4, -0.2) is 27.0 Å². The van der Waals surface area contributed by atoms with Crippen molar-refractivity contribution in [1.82, 2.24) is 14.8 Å². The summed E-state index contributed by atoms with van der Waals surface area (Å²) < 4.78 is 7.99. The van der Waals surface area contributed by atoms with Gasteiger partial charge < -0.3 is 4.74 Å². The van der Waals surface area contributed by atoms with Crippen LogP contribution in [0.3, 0.4) is 0 Å². The minimum absolute atomic E-state index is 0.209. The lowest BCUT2D eigenvalue weighted by molar-refractivity contribution is -0.0809. The quantitative estimate of drug-likeness (QED) is 0.728. The van der Waals surface area contributed by atoms with E-state index in [9.17, 15) is 0 Å². The molecule has 1 saturated heterocycles. The lowest BCUT2D eigenvalue weighted by Crippen LogP contribution is -2.36. The smallest absolute Gasteiger partial charge is 0.0689 e. The van der Waals surface area contributed by atoms with Crippen molar-refractivity contribution in [2.45, 2.75) is 83.2 Å². The SMILES string of the molecule is CCCCc1cnn(C)c1C.c1ccc([C@@H]2CCOC3(CCCC3)C2)nc1. The van der Waals surface area contributed by atoms with Gasteiger partial charge in [0, 0.05) is 37.2 Å². The summed E-state index contributed by atoms with van der Waals surface area (Å²) in [5, 5.41) is 4.19. The minimum atomic E-state index is 0.209. The highest BCUT2D eigenvalue weighted by molar-refractivity contribution is 5.15. The Labute approximate surface area is 164 Å². The molecular weight excluding hydrogens is 334 g/mol. The van der Waals surface area contributed by atoms with E-state index in [0.717, 1.165) is 13.0 Å². The topological polar surface area (TPSA) is 39.9 Å². The first-order valence-electron chi connectivity index (χ1n) is 10.7. The van der Waals surface area contributed by atoms with E-state index < -0.39 is 0 Å². The van der Waals surface area contributed by atoms with Gasteiger partial charge in [-0.05, 0) is 63.1 Å². The highest BCUT2D eigenvalue weighted by atomic mass is 16.5. The fourth-order valence-corrected chi connectivity index (χ4v) is 4.42. The average molecular weight is 370 g/mol. The van der Waals surface area contributed by atoms with Gasteiger partial charge >= 0.3 is 0 Å². The first kappa shape index (κ1) is 20.1. The molecule has 0 amide bonds. The maximum Gasteiger partial charge on any atom is 0.0689 e. The minimum Gasteiger partial charge on any atom is -0.375 e. The van der Waals surface area contributed by atoms with E-state index in [0.29, 0.717) is 5.92 Å². The Morgan fingerprint density at radius 2 is 2.07 bits per heavy atom. The Hall–Kier alpha value is -1.68. The standard InChI is InChI=1S/C14H19NO.C9H16N2/c1-4-9-15-13(5-1)12-6-10-16-14(11-12)7-2-3-8-14;1-4-5-6-9-7-10-11(3)8(9)2/h1,4-5,9,12H,2-3,6-8,10-11H2;7H,4-6H2,1-3H3/t12-;/m1./s1. The monoisotopic (exact) mass is 369 g/mol. The Bertz CT molecular complexity index is 689. The number of aromatic nitrogens is 3.